The van der Waals surface area contributed by atoms with Crippen molar-refractivity contribution in [2.75, 3.05) is 6.61 Å². The molecule has 3 unspecified atom stereocenters. The largest absolute Gasteiger partial charge is 0.462 e. The van der Waals surface area contributed by atoms with Crippen LogP contribution in [-0.4, -0.2) is 46.9 Å². The molecular weight excluding hydrogens is 791 g/mol. The van der Waals surface area contributed by atoms with Crippen LogP contribution in [-0.2, 0) is 14.3 Å². The molecular formula is C58H109NO5. The summed E-state index contributed by atoms with van der Waals surface area (Å²) in [5, 5.41) is 23.8. The minimum absolute atomic E-state index is 0.0608. The van der Waals surface area contributed by atoms with Crippen molar-refractivity contribution in [3.05, 3.63) is 36.5 Å². The Balaban J connectivity index is 4.60. The summed E-state index contributed by atoms with van der Waals surface area (Å²) in [6.07, 6.45) is 62.0. The molecule has 376 valence electrons. The average Bonchev–Trinajstić information content (AvgIpc) is 3.29. The Kier molecular flexibility index (Phi) is 50.5. The van der Waals surface area contributed by atoms with Gasteiger partial charge in [0.15, 0.2) is 0 Å². The lowest BCUT2D eigenvalue weighted by molar-refractivity contribution is -0.151. The number of ether oxygens (including phenoxy) is 1. The van der Waals surface area contributed by atoms with Crippen molar-refractivity contribution in [1.29, 1.82) is 0 Å². The van der Waals surface area contributed by atoms with Gasteiger partial charge in [0.1, 0.15) is 6.10 Å². The fourth-order valence-corrected chi connectivity index (χ4v) is 8.65. The summed E-state index contributed by atoms with van der Waals surface area (Å²) in [6, 6.07) is -0.709. The molecule has 1 amide bonds. The molecule has 0 aliphatic carbocycles. The number of rotatable bonds is 51. The number of amides is 1. The average molecular weight is 901 g/mol. The summed E-state index contributed by atoms with van der Waals surface area (Å²) in [7, 11) is 0. The molecule has 0 saturated heterocycles. The third-order valence-corrected chi connectivity index (χ3v) is 13.0. The molecule has 6 heteroatoms. The van der Waals surface area contributed by atoms with Gasteiger partial charge in [-0.2, -0.15) is 0 Å². The lowest BCUT2D eigenvalue weighted by Gasteiger charge is -2.24. The third kappa shape index (κ3) is 46.6. The molecule has 0 bridgehead atoms. The van der Waals surface area contributed by atoms with Crippen LogP contribution in [0.15, 0.2) is 36.5 Å². The van der Waals surface area contributed by atoms with Crippen molar-refractivity contribution in [3.63, 3.8) is 0 Å². The van der Waals surface area contributed by atoms with E-state index in [0.29, 0.717) is 19.3 Å². The first-order valence-corrected chi connectivity index (χ1v) is 28.2. The van der Waals surface area contributed by atoms with Gasteiger partial charge in [-0.05, 0) is 77.0 Å². The zero-order valence-electron chi connectivity index (χ0n) is 42.9. The van der Waals surface area contributed by atoms with E-state index in [0.717, 1.165) is 70.6 Å². The van der Waals surface area contributed by atoms with Crippen molar-refractivity contribution in [2.45, 2.75) is 315 Å². The summed E-state index contributed by atoms with van der Waals surface area (Å²) in [6.45, 7) is 6.48. The van der Waals surface area contributed by atoms with Gasteiger partial charge in [0.05, 0.1) is 25.2 Å². The molecule has 64 heavy (non-hydrogen) atoms. The molecule has 3 atom stereocenters. The van der Waals surface area contributed by atoms with Crippen LogP contribution < -0.4 is 5.32 Å². The second-order valence-electron chi connectivity index (χ2n) is 19.4. The molecule has 3 N–H and O–H groups in total. The molecule has 0 saturated carbocycles. The van der Waals surface area contributed by atoms with Gasteiger partial charge in [0.2, 0.25) is 5.91 Å². The lowest BCUT2D eigenvalue weighted by Crippen LogP contribution is -2.46. The predicted octanol–water partition coefficient (Wildman–Crippen LogP) is 17.2. The van der Waals surface area contributed by atoms with Gasteiger partial charge in [-0.25, -0.2) is 0 Å². The zero-order chi connectivity index (χ0) is 46.7. The van der Waals surface area contributed by atoms with Crippen LogP contribution in [0.4, 0.5) is 0 Å². The molecule has 0 aliphatic heterocycles. The topological polar surface area (TPSA) is 95.9 Å². The van der Waals surface area contributed by atoms with Crippen LogP contribution in [0.25, 0.3) is 0 Å². The molecule has 0 rings (SSSR count). The van der Waals surface area contributed by atoms with E-state index >= 15 is 0 Å². The zero-order valence-corrected chi connectivity index (χ0v) is 42.9. The Morgan fingerprint density at radius 1 is 0.453 bits per heavy atom. The van der Waals surface area contributed by atoms with Crippen molar-refractivity contribution in [3.8, 4) is 0 Å². The van der Waals surface area contributed by atoms with E-state index in [-0.39, 0.29) is 24.9 Å². The van der Waals surface area contributed by atoms with Gasteiger partial charge >= 0.3 is 5.97 Å². The first-order valence-electron chi connectivity index (χ1n) is 28.2. The Bertz CT molecular complexity index is 1060. The van der Waals surface area contributed by atoms with Crippen molar-refractivity contribution in [2.24, 2.45) is 0 Å². The van der Waals surface area contributed by atoms with E-state index in [1.807, 2.05) is 0 Å². The fraction of sp³-hybridized carbons (Fsp3) is 0.862. The molecule has 0 aromatic heterocycles. The summed E-state index contributed by atoms with van der Waals surface area (Å²) < 4.78 is 5.94. The maximum atomic E-state index is 13.2. The number of carbonyl (C=O) groups is 2. The minimum atomic E-state index is -0.794. The van der Waals surface area contributed by atoms with Crippen LogP contribution in [0.3, 0.4) is 0 Å². The molecule has 0 aromatic carbocycles. The van der Waals surface area contributed by atoms with Gasteiger partial charge in [0, 0.05) is 6.42 Å². The molecule has 0 radical (unpaired) electrons. The minimum Gasteiger partial charge on any atom is -0.462 e. The van der Waals surface area contributed by atoms with E-state index in [9.17, 15) is 19.8 Å². The van der Waals surface area contributed by atoms with Crippen molar-refractivity contribution in [1.82, 2.24) is 5.32 Å². The van der Waals surface area contributed by atoms with Crippen molar-refractivity contribution < 1.29 is 24.5 Å². The number of hydrogen-bond acceptors (Lipinski definition) is 5. The summed E-state index contributed by atoms with van der Waals surface area (Å²) >= 11 is 0. The van der Waals surface area contributed by atoms with E-state index < -0.39 is 18.2 Å². The van der Waals surface area contributed by atoms with E-state index in [1.54, 1.807) is 0 Å². The normalized spacial score (nSPS) is 13.4. The number of nitrogens with one attached hydrogen (secondary N) is 1. The SMILES string of the molecule is CCCCCC/C=C\CCCCCCCCCC(=O)OC(CCCCC/C=C/C=C/CCCCCCCCC)CC(=O)NC(CO)C(O)CCCCCCCCCCCCCCCC. The standard InChI is InChI=1S/C58H109NO5/c1-4-7-10-13-16-19-22-25-28-30-31-34-37-40-43-46-49-54(64-58(63)51-48-45-42-39-36-33-29-26-23-20-17-14-11-8-5-2)52-57(62)59-55(53-60)56(61)50-47-44-41-38-35-32-27-24-21-18-15-12-9-6-3/h20,23,28,30-31,34,54-56,60-61H,4-19,21-22,24-27,29,32-33,35-53H2,1-3H3,(H,59,62)/b23-20-,30-28+,34-31+. The lowest BCUT2D eigenvalue weighted by atomic mass is 10.0. The van der Waals surface area contributed by atoms with Crippen LogP contribution in [0.2, 0.25) is 0 Å². The highest BCUT2D eigenvalue weighted by molar-refractivity contribution is 5.77. The quantitative estimate of drug-likeness (QED) is 0.0245. The van der Waals surface area contributed by atoms with Crippen LogP contribution >= 0.6 is 0 Å². The second kappa shape index (κ2) is 52.1. The third-order valence-electron chi connectivity index (χ3n) is 13.0. The number of unbranched alkanes of at least 4 members (excludes halogenated alkanes) is 34. The molecule has 0 aromatic rings. The van der Waals surface area contributed by atoms with Gasteiger partial charge in [0.25, 0.3) is 0 Å². The molecule has 0 spiro atoms. The van der Waals surface area contributed by atoms with Gasteiger partial charge in [-0.3, -0.25) is 9.59 Å². The highest BCUT2D eigenvalue weighted by Crippen LogP contribution is 2.18. The van der Waals surface area contributed by atoms with E-state index in [1.165, 1.54) is 180 Å². The number of esters is 1. The summed E-state index contributed by atoms with van der Waals surface area (Å²) in [4.78, 5) is 26.2. The maximum Gasteiger partial charge on any atom is 0.306 e. The second-order valence-corrected chi connectivity index (χ2v) is 19.4. The van der Waals surface area contributed by atoms with Gasteiger partial charge in [-0.15, -0.1) is 0 Å². The number of hydrogen-bond donors (Lipinski definition) is 3. The molecule has 6 nitrogen and oxygen atoms in total. The van der Waals surface area contributed by atoms with Crippen molar-refractivity contribution >= 4 is 11.9 Å². The highest BCUT2D eigenvalue weighted by Gasteiger charge is 2.24. The Morgan fingerprint density at radius 2 is 0.797 bits per heavy atom. The van der Waals surface area contributed by atoms with E-state index in [4.69, 9.17) is 4.74 Å². The number of carbonyl (C=O) groups excluding carboxylic acids is 2. The number of aliphatic hydroxyl groups is 2. The smallest absolute Gasteiger partial charge is 0.306 e. The number of allylic oxidation sites excluding steroid dienone is 6. The van der Waals surface area contributed by atoms with Gasteiger partial charge in [-0.1, -0.05) is 243 Å². The first kappa shape index (κ1) is 62.1. The van der Waals surface area contributed by atoms with Crippen LogP contribution in [0.5, 0.6) is 0 Å². The summed E-state index contributed by atoms with van der Waals surface area (Å²) in [5.74, 6) is -0.493. The van der Waals surface area contributed by atoms with Gasteiger partial charge < -0.3 is 20.3 Å². The Hall–Kier alpha value is -1.92. The molecule has 0 aliphatic rings. The number of aliphatic hydroxyl groups excluding tert-OH is 2. The van der Waals surface area contributed by atoms with Crippen LogP contribution in [0.1, 0.15) is 297 Å². The molecule has 0 fully saturated rings. The first-order chi connectivity index (χ1) is 31.5. The Labute approximate surface area is 398 Å². The monoisotopic (exact) mass is 900 g/mol. The summed E-state index contributed by atoms with van der Waals surface area (Å²) in [5.41, 5.74) is 0. The molecule has 0 heterocycles. The predicted molar refractivity (Wildman–Crippen MR) is 278 cm³/mol. The van der Waals surface area contributed by atoms with E-state index in [2.05, 4.69) is 62.5 Å². The maximum absolute atomic E-state index is 13.2. The highest BCUT2D eigenvalue weighted by atomic mass is 16.5. The fourth-order valence-electron chi connectivity index (χ4n) is 8.65. The van der Waals surface area contributed by atoms with Crippen LogP contribution in [0, 0.1) is 0 Å². The Morgan fingerprint density at radius 3 is 1.23 bits per heavy atom.